The van der Waals surface area contributed by atoms with Crippen molar-refractivity contribution in [2.24, 2.45) is 0 Å². The summed E-state index contributed by atoms with van der Waals surface area (Å²) in [5, 5.41) is 10.9. The van der Waals surface area contributed by atoms with Crippen LogP contribution in [0, 0.1) is 0 Å². The van der Waals surface area contributed by atoms with Gasteiger partial charge in [0, 0.05) is 63.6 Å². The van der Waals surface area contributed by atoms with Crippen LogP contribution in [0.3, 0.4) is 0 Å². The number of carbonyl (C=O) groups is 1. The van der Waals surface area contributed by atoms with Gasteiger partial charge in [-0.1, -0.05) is 11.3 Å². The van der Waals surface area contributed by atoms with Crippen LogP contribution < -0.4 is 9.80 Å². The number of Topliss-reactive ketones (excluding diaryl/α,β-unsaturated/α-hetero) is 1. The van der Waals surface area contributed by atoms with Crippen LogP contribution in [-0.2, 0) is 6.42 Å². The number of anilines is 2. The van der Waals surface area contributed by atoms with Crippen molar-refractivity contribution in [3.05, 3.63) is 54.0 Å². The molecule has 9 nitrogen and oxygen atoms in total. The molecule has 5 rings (SSSR count). The molecule has 0 bridgehead atoms. The van der Waals surface area contributed by atoms with E-state index >= 15 is 0 Å². The van der Waals surface area contributed by atoms with Gasteiger partial charge in [0.25, 0.3) is 0 Å². The van der Waals surface area contributed by atoms with Crippen molar-refractivity contribution in [2.75, 3.05) is 57.1 Å². The molecule has 0 atom stereocenters. The van der Waals surface area contributed by atoms with Gasteiger partial charge in [-0.25, -0.2) is 9.97 Å². The fraction of sp³-hybridized carbons (Fsp3) is 0.333. The molecule has 0 aliphatic carbocycles. The van der Waals surface area contributed by atoms with Crippen molar-refractivity contribution < 1.29 is 4.79 Å². The number of piperazine rings is 1. The van der Waals surface area contributed by atoms with E-state index < -0.39 is 0 Å². The lowest BCUT2D eigenvalue weighted by Crippen LogP contribution is -2.44. The number of rotatable bonds is 6. The van der Waals surface area contributed by atoms with Crippen LogP contribution in [0.2, 0.25) is 0 Å². The lowest BCUT2D eigenvalue weighted by molar-refractivity contribution is 0.0992. The standard InChI is InChI=1S/C24H26N8OS/c1-30(2)24-29-28-23(34-24)19-5-4-17-15-26-18(13-20(17)27-19)14-21(33)16-6-7-25-22(12-16)32-10-8-31(3)9-11-32/h4-7,12-13,15H,8-11,14H2,1-3H3. The molecule has 5 heterocycles. The molecule has 174 valence electrons. The van der Waals surface area contributed by atoms with Gasteiger partial charge >= 0.3 is 0 Å². The van der Waals surface area contributed by atoms with E-state index in [1.54, 1.807) is 18.5 Å². The van der Waals surface area contributed by atoms with Crippen molar-refractivity contribution in [2.45, 2.75) is 6.42 Å². The second-order valence-electron chi connectivity index (χ2n) is 8.64. The molecule has 0 saturated carbocycles. The van der Waals surface area contributed by atoms with Crippen molar-refractivity contribution in [1.82, 2.24) is 30.0 Å². The molecular weight excluding hydrogens is 448 g/mol. The fourth-order valence-electron chi connectivity index (χ4n) is 3.84. The van der Waals surface area contributed by atoms with Crippen LogP contribution >= 0.6 is 11.3 Å². The molecule has 0 N–H and O–H groups in total. The highest BCUT2D eigenvalue weighted by molar-refractivity contribution is 7.18. The monoisotopic (exact) mass is 474 g/mol. The summed E-state index contributed by atoms with van der Waals surface area (Å²) in [6.07, 6.45) is 3.69. The molecule has 0 amide bonds. The second-order valence-corrected chi connectivity index (χ2v) is 9.60. The Balaban J connectivity index is 1.35. The quantitative estimate of drug-likeness (QED) is 0.391. The van der Waals surface area contributed by atoms with Crippen LogP contribution in [0.15, 0.2) is 42.7 Å². The highest BCUT2D eigenvalue weighted by Crippen LogP contribution is 2.28. The summed E-state index contributed by atoms with van der Waals surface area (Å²) >= 11 is 1.49. The smallest absolute Gasteiger partial charge is 0.208 e. The predicted octanol–water partition coefficient (Wildman–Crippen LogP) is 2.79. The molecule has 1 saturated heterocycles. The molecule has 0 radical (unpaired) electrons. The Bertz CT molecular complexity index is 1330. The SMILES string of the molecule is CN1CCN(c2cc(C(=O)Cc3cc4nc(-c5nnc(N(C)C)s5)ccc4cn3)ccn2)CC1. The van der Waals surface area contributed by atoms with Gasteiger partial charge in [0.15, 0.2) is 10.8 Å². The van der Waals surface area contributed by atoms with Crippen LogP contribution in [-0.4, -0.2) is 83.2 Å². The van der Waals surface area contributed by atoms with Crippen LogP contribution in [0.4, 0.5) is 10.9 Å². The van der Waals surface area contributed by atoms with Gasteiger partial charge in [-0.15, -0.1) is 10.2 Å². The van der Waals surface area contributed by atoms with E-state index in [9.17, 15) is 4.79 Å². The first-order valence-corrected chi connectivity index (χ1v) is 12.0. The maximum absolute atomic E-state index is 13.1. The Morgan fingerprint density at radius 1 is 1.06 bits per heavy atom. The van der Waals surface area contributed by atoms with E-state index in [1.165, 1.54) is 11.3 Å². The third kappa shape index (κ3) is 4.73. The van der Waals surface area contributed by atoms with Crippen molar-refractivity contribution in [1.29, 1.82) is 0 Å². The highest BCUT2D eigenvalue weighted by Gasteiger charge is 2.17. The van der Waals surface area contributed by atoms with Crippen LogP contribution in [0.1, 0.15) is 16.1 Å². The van der Waals surface area contributed by atoms with E-state index in [0.29, 0.717) is 11.3 Å². The summed E-state index contributed by atoms with van der Waals surface area (Å²) in [7, 11) is 5.99. The molecule has 4 aromatic rings. The first kappa shape index (κ1) is 22.3. The number of pyridine rings is 3. The van der Waals surface area contributed by atoms with Gasteiger partial charge < -0.3 is 14.7 Å². The minimum atomic E-state index is 0.0144. The zero-order chi connectivity index (χ0) is 23.7. The molecule has 34 heavy (non-hydrogen) atoms. The first-order chi connectivity index (χ1) is 16.5. The highest BCUT2D eigenvalue weighted by atomic mass is 32.1. The van der Waals surface area contributed by atoms with Crippen molar-refractivity contribution in [3.8, 4) is 10.7 Å². The number of nitrogens with zero attached hydrogens (tertiary/aromatic N) is 8. The molecule has 0 aromatic carbocycles. The summed E-state index contributed by atoms with van der Waals surface area (Å²) in [6, 6.07) is 9.44. The molecular formula is C24H26N8OS. The molecule has 1 fully saturated rings. The number of hydrogen-bond donors (Lipinski definition) is 0. The maximum Gasteiger partial charge on any atom is 0.208 e. The minimum Gasteiger partial charge on any atom is -0.354 e. The van der Waals surface area contributed by atoms with Gasteiger partial charge in [-0.05, 0) is 37.4 Å². The lowest BCUT2D eigenvalue weighted by Gasteiger charge is -2.33. The Morgan fingerprint density at radius 3 is 2.65 bits per heavy atom. The molecule has 1 aliphatic heterocycles. The number of likely N-dealkylation sites (N-methyl/N-ethyl adjacent to an activating group) is 1. The Morgan fingerprint density at radius 2 is 1.88 bits per heavy atom. The van der Waals surface area contributed by atoms with Gasteiger partial charge in [0.2, 0.25) is 5.13 Å². The minimum absolute atomic E-state index is 0.0144. The van der Waals surface area contributed by atoms with Gasteiger partial charge in [-0.3, -0.25) is 9.78 Å². The third-order valence-corrected chi connectivity index (χ3v) is 7.00. The summed E-state index contributed by atoms with van der Waals surface area (Å²) in [6.45, 7) is 3.80. The second kappa shape index (κ2) is 9.40. The number of ketones is 1. The summed E-state index contributed by atoms with van der Waals surface area (Å²) in [5.74, 6) is 0.867. The molecule has 1 aliphatic rings. The summed E-state index contributed by atoms with van der Waals surface area (Å²) in [5.41, 5.74) is 2.88. The Kier molecular flexibility index (Phi) is 6.16. The van der Waals surface area contributed by atoms with E-state index in [2.05, 4.69) is 37.0 Å². The van der Waals surface area contributed by atoms with E-state index in [0.717, 1.165) is 58.7 Å². The van der Waals surface area contributed by atoms with Gasteiger partial charge in [-0.2, -0.15) is 0 Å². The zero-order valence-corrected chi connectivity index (χ0v) is 20.3. The number of aromatic nitrogens is 5. The van der Waals surface area contributed by atoms with Crippen LogP contribution in [0.5, 0.6) is 0 Å². The number of fused-ring (bicyclic) bond motifs is 1. The number of hydrogen-bond acceptors (Lipinski definition) is 10. The van der Waals surface area contributed by atoms with E-state index in [-0.39, 0.29) is 12.2 Å². The van der Waals surface area contributed by atoms with Gasteiger partial charge in [0.05, 0.1) is 17.6 Å². The third-order valence-electron chi connectivity index (χ3n) is 5.88. The number of carbonyl (C=O) groups excluding carboxylic acids is 1. The van der Waals surface area contributed by atoms with Crippen molar-refractivity contribution >= 4 is 39.0 Å². The topological polar surface area (TPSA) is 91.2 Å². The molecule has 0 unspecified atom stereocenters. The zero-order valence-electron chi connectivity index (χ0n) is 19.5. The normalized spacial score (nSPS) is 14.5. The lowest BCUT2D eigenvalue weighted by atomic mass is 10.1. The fourth-order valence-corrected chi connectivity index (χ4v) is 4.58. The van der Waals surface area contributed by atoms with Gasteiger partial charge in [0.1, 0.15) is 11.5 Å². The maximum atomic E-state index is 13.1. The predicted molar refractivity (Wildman–Crippen MR) is 135 cm³/mol. The molecule has 0 spiro atoms. The van der Waals surface area contributed by atoms with Crippen molar-refractivity contribution in [3.63, 3.8) is 0 Å². The largest absolute Gasteiger partial charge is 0.354 e. The average molecular weight is 475 g/mol. The van der Waals surface area contributed by atoms with Crippen LogP contribution in [0.25, 0.3) is 21.6 Å². The molecule has 4 aromatic heterocycles. The Labute approximate surface area is 202 Å². The first-order valence-electron chi connectivity index (χ1n) is 11.2. The molecule has 10 heteroatoms. The average Bonchev–Trinajstić information content (AvgIpc) is 3.35. The van der Waals surface area contributed by atoms with E-state index in [1.807, 2.05) is 43.3 Å². The Hall–Kier alpha value is -3.50. The summed E-state index contributed by atoms with van der Waals surface area (Å²) < 4.78 is 0. The summed E-state index contributed by atoms with van der Waals surface area (Å²) in [4.78, 5) is 33.2. The van der Waals surface area contributed by atoms with E-state index in [4.69, 9.17) is 4.98 Å².